The van der Waals surface area contributed by atoms with Crippen LogP contribution in [0.4, 0.5) is 5.69 Å². The monoisotopic (exact) mass is 299 g/mol. The summed E-state index contributed by atoms with van der Waals surface area (Å²) in [6.07, 6.45) is 0. The second-order valence-electron chi connectivity index (χ2n) is 4.68. The van der Waals surface area contributed by atoms with Crippen LogP contribution in [0.1, 0.15) is 22.7 Å². The smallest absolute Gasteiger partial charge is 0.245 e. The minimum absolute atomic E-state index is 0.304. The zero-order chi connectivity index (χ0) is 15.4. The van der Waals surface area contributed by atoms with Crippen LogP contribution in [-0.2, 0) is 4.79 Å². The first-order chi connectivity index (χ1) is 10.0. The summed E-state index contributed by atoms with van der Waals surface area (Å²) in [5.74, 6) is -0.343. The molecule has 0 radical (unpaired) electrons. The highest BCUT2D eigenvalue weighted by Gasteiger charge is 2.16. The maximum Gasteiger partial charge on any atom is 0.245 e. The van der Waals surface area contributed by atoms with Gasteiger partial charge in [-0.25, -0.2) is 0 Å². The topological polar surface area (TPSA) is 78.9 Å². The molecule has 5 heteroatoms. The first-order valence-electron chi connectivity index (χ1n) is 6.34. The van der Waals surface area contributed by atoms with Crippen molar-refractivity contribution in [2.75, 3.05) is 5.32 Å². The first kappa shape index (κ1) is 15.0. The normalized spacial score (nSPS) is 11.5. The van der Waals surface area contributed by atoms with Gasteiger partial charge in [0.05, 0.1) is 10.6 Å². The molecule has 1 unspecified atom stereocenters. The highest BCUT2D eigenvalue weighted by atomic mass is 35.5. The van der Waals surface area contributed by atoms with E-state index in [0.29, 0.717) is 16.3 Å². The minimum atomic E-state index is -0.771. The second kappa shape index (κ2) is 6.40. The number of carbonyl (C=O) groups is 1. The van der Waals surface area contributed by atoms with E-state index in [1.165, 1.54) is 6.07 Å². The van der Waals surface area contributed by atoms with Gasteiger partial charge in [0.1, 0.15) is 12.1 Å². The Bertz CT molecular complexity index is 704. The van der Waals surface area contributed by atoms with Crippen molar-refractivity contribution >= 4 is 23.2 Å². The maximum atomic E-state index is 12.1. The molecule has 0 saturated heterocycles. The Labute approximate surface area is 128 Å². The molecule has 2 aromatic carbocycles. The van der Waals surface area contributed by atoms with E-state index in [1.807, 2.05) is 37.3 Å². The Hall–Kier alpha value is -2.35. The number of carbonyl (C=O) groups excluding carboxylic acids is 1. The fraction of sp³-hybridized carbons (Fsp3) is 0.125. The van der Waals surface area contributed by atoms with Gasteiger partial charge in [0.15, 0.2) is 0 Å². The van der Waals surface area contributed by atoms with Gasteiger partial charge in [-0.2, -0.15) is 5.26 Å². The van der Waals surface area contributed by atoms with Gasteiger partial charge in [-0.3, -0.25) is 4.79 Å². The fourth-order valence-corrected chi connectivity index (χ4v) is 1.99. The predicted octanol–water partition coefficient (Wildman–Crippen LogP) is 3.16. The molecular weight excluding hydrogens is 286 g/mol. The highest BCUT2D eigenvalue weighted by molar-refractivity contribution is 6.31. The van der Waals surface area contributed by atoms with Gasteiger partial charge in [-0.1, -0.05) is 41.4 Å². The Kier molecular flexibility index (Phi) is 4.59. The number of nitrogens with zero attached hydrogens (tertiary/aromatic N) is 1. The fourth-order valence-electron chi connectivity index (χ4n) is 1.83. The van der Waals surface area contributed by atoms with Crippen molar-refractivity contribution in [1.82, 2.24) is 0 Å². The Morgan fingerprint density at radius 3 is 2.57 bits per heavy atom. The molecule has 21 heavy (non-hydrogen) atoms. The summed E-state index contributed by atoms with van der Waals surface area (Å²) in [7, 11) is 0. The zero-order valence-electron chi connectivity index (χ0n) is 11.4. The van der Waals surface area contributed by atoms with Gasteiger partial charge in [0.25, 0.3) is 0 Å². The first-order valence-corrected chi connectivity index (χ1v) is 6.71. The molecule has 3 N–H and O–H groups in total. The lowest BCUT2D eigenvalue weighted by Gasteiger charge is -2.13. The van der Waals surface area contributed by atoms with Crippen molar-refractivity contribution in [3.8, 4) is 6.07 Å². The largest absolute Gasteiger partial charge is 0.324 e. The summed E-state index contributed by atoms with van der Waals surface area (Å²) in [5, 5.41) is 11.9. The second-order valence-corrected chi connectivity index (χ2v) is 5.09. The van der Waals surface area contributed by atoms with Crippen LogP contribution in [0.2, 0.25) is 5.02 Å². The molecule has 4 nitrogen and oxygen atoms in total. The average Bonchev–Trinajstić information content (AvgIpc) is 2.49. The highest BCUT2D eigenvalue weighted by Crippen LogP contribution is 2.21. The number of rotatable bonds is 3. The summed E-state index contributed by atoms with van der Waals surface area (Å²) in [6.45, 7) is 1.96. The van der Waals surface area contributed by atoms with Crippen molar-refractivity contribution in [3.63, 3.8) is 0 Å². The van der Waals surface area contributed by atoms with E-state index in [4.69, 9.17) is 22.6 Å². The van der Waals surface area contributed by atoms with Crippen LogP contribution >= 0.6 is 11.6 Å². The van der Waals surface area contributed by atoms with Crippen LogP contribution in [0.5, 0.6) is 0 Å². The lowest BCUT2D eigenvalue weighted by Crippen LogP contribution is -2.27. The summed E-state index contributed by atoms with van der Waals surface area (Å²) in [4.78, 5) is 12.1. The number of aryl methyl sites for hydroxylation is 1. The van der Waals surface area contributed by atoms with Crippen molar-refractivity contribution in [3.05, 3.63) is 64.2 Å². The molecule has 0 fully saturated rings. The van der Waals surface area contributed by atoms with Gasteiger partial charge < -0.3 is 11.1 Å². The molecule has 0 aliphatic heterocycles. The number of hydrogen-bond acceptors (Lipinski definition) is 3. The summed E-state index contributed by atoms with van der Waals surface area (Å²) < 4.78 is 0. The standard InChI is InChI=1S/C16H14ClN3O/c1-10-2-4-11(5-3-10)15(19)16(21)20-13-6-7-14(17)12(8-13)9-18/h2-8,15H,19H2,1H3,(H,20,21). The van der Waals surface area contributed by atoms with Gasteiger partial charge in [0.2, 0.25) is 5.91 Å². The number of nitrogens with one attached hydrogen (secondary N) is 1. The molecule has 1 atom stereocenters. The molecule has 0 bridgehead atoms. The molecule has 0 heterocycles. The van der Waals surface area contributed by atoms with Crippen molar-refractivity contribution < 1.29 is 4.79 Å². The third kappa shape index (κ3) is 3.60. The number of nitrogens with two attached hydrogens (primary N) is 1. The van der Waals surface area contributed by atoms with E-state index in [0.717, 1.165) is 11.1 Å². The number of benzene rings is 2. The predicted molar refractivity (Wildman–Crippen MR) is 82.9 cm³/mol. The third-order valence-electron chi connectivity index (χ3n) is 3.07. The zero-order valence-corrected chi connectivity index (χ0v) is 12.2. The quantitative estimate of drug-likeness (QED) is 0.913. The van der Waals surface area contributed by atoms with Crippen LogP contribution < -0.4 is 11.1 Å². The molecule has 0 saturated carbocycles. The lowest BCUT2D eigenvalue weighted by atomic mass is 10.1. The lowest BCUT2D eigenvalue weighted by molar-refractivity contribution is -0.117. The SMILES string of the molecule is Cc1ccc(C(N)C(=O)Nc2ccc(Cl)c(C#N)c2)cc1. The number of halogens is 1. The van der Waals surface area contributed by atoms with Crippen LogP contribution in [0.25, 0.3) is 0 Å². The van der Waals surface area contributed by atoms with Gasteiger partial charge in [0, 0.05) is 5.69 Å². The molecule has 2 rings (SSSR count). The van der Waals surface area contributed by atoms with E-state index in [9.17, 15) is 4.79 Å². The van der Waals surface area contributed by atoms with E-state index < -0.39 is 6.04 Å². The summed E-state index contributed by atoms with van der Waals surface area (Å²) in [5.41, 5.74) is 8.56. The summed E-state index contributed by atoms with van der Waals surface area (Å²) in [6, 6.07) is 13.3. The molecule has 0 aliphatic rings. The van der Waals surface area contributed by atoms with Gasteiger partial charge >= 0.3 is 0 Å². The molecule has 0 aliphatic carbocycles. The van der Waals surface area contributed by atoms with Gasteiger partial charge in [-0.05, 0) is 30.7 Å². The maximum absolute atomic E-state index is 12.1. The molecule has 0 spiro atoms. The molecule has 106 valence electrons. The average molecular weight is 300 g/mol. The van der Waals surface area contributed by atoms with Crippen molar-refractivity contribution in [1.29, 1.82) is 5.26 Å². The van der Waals surface area contributed by atoms with Crippen molar-refractivity contribution in [2.45, 2.75) is 13.0 Å². The third-order valence-corrected chi connectivity index (χ3v) is 3.40. The van der Waals surface area contributed by atoms with E-state index in [1.54, 1.807) is 12.1 Å². The number of amides is 1. The van der Waals surface area contributed by atoms with E-state index >= 15 is 0 Å². The molecular formula is C16H14ClN3O. The summed E-state index contributed by atoms with van der Waals surface area (Å²) >= 11 is 5.85. The molecule has 0 aromatic heterocycles. The number of hydrogen-bond donors (Lipinski definition) is 2. The van der Waals surface area contributed by atoms with Crippen LogP contribution in [0, 0.1) is 18.3 Å². The van der Waals surface area contributed by atoms with Crippen LogP contribution in [-0.4, -0.2) is 5.91 Å². The number of anilines is 1. The molecule has 2 aromatic rings. The van der Waals surface area contributed by atoms with Crippen LogP contribution in [0.3, 0.4) is 0 Å². The minimum Gasteiger partial charge on any atom is -0.324 e. The van der Waals surface area contributed by atoms with Crippen LogP contribution in [0.15, 0.2) is 42.5 Å². The number of nitriles is 1. The van der Waals surface area contributed by atoms with E-state index in [-0.39, 0.29) is 5.91 Å². The Balaban J connectivity index is 2.14. The van der Waals surface area contributed by atoms with Gasteiger partial charge in [-0.15, -0.1) is 0 Å². The molecule has 1 amide bonds. The van der Waals surface area contributed by atoms with Crippen molar-refractivity contribution in [2.24, 2.45) is 5.73 Å². The van der Waals surface area contributed by atoms with E-state index in [2.05, 4.69) is 5.32 Å². The Morgan fingerprint density at radius 2 is 1.95 bits per heavy atom. The Morgan fingerprint density at radius 1 is 1.29 bits per heavy atom.